The Hall–Kier alpha value is -2.67. The number of aliphatic hydroxyl groups is 1. The van der Waals surface area contributed by atoms with E-state index in [1.54, 1.807) is 0 Å². The number of benzene rings is 2. The minimum atomic E-state index is -0.533. The number of hydrogen-bond donors (Lipinski definition) is 1. The van der Waals surface area contributed by atoms with Crippen LogP contribution in [0.5, 0.6) is 11.6 Å². The molecule has 3 aromatic rings. The van der Waals surface area contributed by atoms with Crippen LogP contribution in [0, 0.1) is 12.8 Å². The Bertz CT molecular complexity index is 1000. The van der Waals surface area contributed by atoms with Crippen LogP contribution in [0.25, 0.3) is 5.69 Å². The Kier molecular flexibility index (Phi) is 7.81. The summed E-state index contributed by atoms with van der Waals surface area (Å²) in [4.78, 5) is 2.32. The number of hydrogen-bond acceptors (Lipinski definition) is 5. The number of nitrogens with zero attached hydrogens (tertiary/aromatic N) is 3. The fourth-order valence-electron chi connectivity index (χ4n) is 3.92. The van der Waals surface area contributed by atoms with Gasteiger partial charge in [0.05, 0.1) is 35.8 Å². The van der Waals surface area contributed by atoms with Gasteiger partial charge in [-0.05, 0) is 63.8 Å². The van der Waals surface area contributed by atoms with Crippen LogP contribution in [0.3, 0.4) is 0 Å². The molecule has 6 nitrogen and oxygen atoms in total. The molecule has 1 aliphatic rings. The molecule has 1 aromatic heterocycles. The number of rotatable bonds is 12. The van der Waals surface area contributed by atoms with E-state index in [4.69, 9.17) is 14.6 Å². The second kappa shape index (κ2) is 11.0. The molecule has 0 bridgehead atoms. The first-order valence-electron chi connectivity index (χ1n) is 11.9. The zero-order chi connectivity index (χ0) is 23.2. The van der Waals surface area contributed by atoms with Crippen LogP contribution in [0.2, 0.25) is 0 Å². The fourth-order valence-corrected chi connectivity index (χ4v) is 3.92. The lowest BCUT2D eigenvalue weighted by molar-refractivity contribution is -0.0101. The molecule has 1 atom stereocenters. The third-order valence-electron chi connectivity index (χ3n) is 5.78. The summed E-state index contributed by atoms with van der Waals surface area (Å²) in [6.45, 7) is 8.53. The molecule has 1 N–H and O–H groups in total. The second-order valence-corrected chi connectivity index (χ2v) is 9.20. The quantitative estimate of drug-likeness (QED) is 0.423. The zero-order valence-electron chi connectivity index (χ0n) is 19.9. The Morgan fingerprint density at radius 1 is 1.06 bits per heavy atom. The van der Waals surface area contributed by atoms with Crippen LogP contribution >= 0.6 is 0 Å². The van der Waals surface area contributed by atoms with Gasteiger partial charge in [-0.25, -0.2) is 4.68 Å². The number of aryl methyl sites for hydroxylation is 1. The molecule has 0 amide bonds. The van der Waals surface area contributed by atoms with E-state index in [2.05, 4.69) is 4.90 Å². The van der Waals surface area contributed by atoms with Gasteiger partial charge in [0.25, 0.3) is 0 Å². The molecule has 33 heavy (non-hydrogen) atoms. The predicted octanol–water partition coefficient (Wildman–Crippen LogP) is 4.97. The first kappa shape index (κ1) is 23.5. The maximum atomic E-state index is 10.6. The van der Waals surface area contributed by atoms with Gasteiger partial charge in [-0.2, -0.15) is 5.10 Å². The van der Waals surface area contributed by atoms with Crippen LogP contribution in [0.1, 0.15) is 37.9 Å². The smallest absolute Gasteiger partial charge is 0.227 e. The highest BCUT2D eigenvalue weighted by atomic mass is 16.5. The zero-order valence-corrected chi connectivity index (χ0v) is 19.9. The van der Waals surface area contributed by atoms with Crippen molar-refractivity contribution in [3.05, 3.63) is 71.9 Å². The molecule has 1 fully saturated rings. The third-order valence-corrected chi connectivity index (χ3v) is 5.78. The lowest BCUT2D eigenvalue weighted by Gasteiger charge is -2.26. The van der Waals surface area contributed by atoms with Crippen molar-refractivity contribution >= 4 is 0 Å². The summed E-state index contributed by atoms with van der Waals surface area (Å²) in [6, 6.07) is 19.9. The van der Waals surface area contributed by atoms with Crippen molar-refractivity contribution in [2.45, 2.75) is 52.4 Å². The van der Waals surface area contributed by atoms with Crippen molar-refractivity contribution in [3.63, 3.8) is 0 Å². The van der Waals surface area contributed by atoms with E-state index in [9.17, 15) is 5.11 Å². The summed E-state index contributed by atoms with van der Waals surface area (Å²) in [7, 11) is 0. The van der Waals surface area contributed by atoms with Crippen LogP contribution in [-0.2, 0) is 11.3 Å². The number of ether oxygens (including phenoxy) is 2. The van der Waals surface area contributed by atoms with Gasteiger partial charge in [0.1, 0.15) is 5.75 Å². The van der Waals surface area contributed by atoms with Gasteiger partial charge in [-0.3, -0.25) is 4.90 Å². The second-order valence-electron chi connectivity index (χ2n) is 9.20. The minimum Gasteiger partial charge on any atom is -0.439 e. The topological polar surface area (TPSA) is 59.8 Å². The molecule has 0 saturated heterocycles. The van der Waals surface area contributed by atoms with Crippen LogP contribution < -0.4 is 4.74 Å². The molecule has 1 saturated carbocycles. The highest BCUT2D eigenvalue weighted by Gasteiger charge is 2.28. The average Bonchev–Trinajstić information content (AvgIpc) is 3.58. The standard InChI is InChI=1S/C27H35N3O3/c1-20(2)32-19-24(31)17-29(16-22-14-15-22)18-26-21(3)28-30(23-10-6-4-7-11-23)27(26)33-25-12-8-5-9-13-25/h4-13,20,22,24,31H,14-19H2,1-3H3. The van der Waals surface area contributed by atoms with E-state index in [-0.39, 0.29) is 6.10 Å². The van der Waals surface area contributed by atoms with Gasteiger partial charge in [-0.15, -0.1) is 0 Å². The molecular formula is C27H35N3O3. The Morgan fingerprint density at radius 2 is 1.73 bits per heavy atom. The van der Waals surface area contributed by atoms with Gasteiger partial charge in [0.2, 0.25) is 5.88 Å². The van der Waals surface area contributed by atoms with Gasteiger partial charge in [-0.1, -0.05) is 36.4 Å². The minimum absolute atomic E-state index is 0.105. The lowest BCUT2D eigenvalue weighted by Crippen LogP contribution is -2.36. The molecule has 1 heterocycles. The summed E-state index contributed by atoms with van der Waals surface area (Å²) in [5.74, 6) is 2.19. The number of aromatic nitrogens is 2. The van der Waals surface area contributed by atoms with Crippen molar-refractivity contribution in [2.24, 2.45) is 5.92 Å². The third kappa shape index (κ3) is 6.67. The molecular weight excluding hydrogens is 414 g/mol. The van der Waals surface area contributed by atoms with Crippen molar-refractivity contribution in [1.29, 1.82) is 0 Å². The van der Waals surface area contributed by atoms with Gasteiger partial charge in [0, 0.05) is 19.6 Å². The maximum Gasteiger partial charge on any atom is 0.227 e. The highest BCUT2D eigenvalue weighted by molar-refractivity contribution is 5.43. The fraction of sp³-hybridized carbons (Fsp3) is 0.444. The predicted molar refractivity (Wildman–Crippen MR) is 130 cm³/mol. The Balaban J connectivity index is 1.62. The molecule has 1 unspecified atom stereocenters. The highest BCUT2D eigenvalue weighted by Crippen LogP contribution is 2.34. The van der Waals surface area contributed by atoms with Gasteiger partial charge < -0.3 is 14.6 Å². The van der Waals surface area contributed by atoms with E-state index in [1.807, 2.05) is 86.1 Å². The summed E-state index contributed by atoms with van der Waals surface area (Å²) >= 11 is 0. The van der Waals surface area contributed by atoms with E-state index in [0.717, 1.165) is 35.1 Å². The van der Waals surface area contributed by atoms with Crippen molar-refractivity contribution in [3.8, 4) is 17.3 Å². The van der Waals surface area contributed by atoms with Crippen LogP contribution in [0.4, 0.5) is 0 Å². The molecule has 2 aromatic carbocycles. The van der Waals surface area contributed by atoms with Gasteiger partial charge in [0.15, 0.2) is 0 Å². The van der Waals surface area contributed by atoms with E-state index >= 15 is 0 Å². The SMILES string of the molecule is Cc1nn(-c2ccccc2)c(Oc2ccccc2)c1CN(CC(O)COC(C)C)CC1CC1. The van der Waals surface area contributed by atoms with E-state index in [1.165, 1.54) is 12.8 Å². The molecule has 4 rings (SSSR count). The molecule has 176 valence electrons. The normalized spacial score (nSPS) is 14.7. The van der Waals surface area contributed by atoms with E-state index < -0.39 is 6.10 Å². The number of aliphatic hydroxyl groups excluding tert-OH is 1. The summed E-state index contributed by atoms with van der Waals surface area (Å²) < 4.78 is 13.9. The first-order chi connectivity index (χ1) is 16.0. The van der Waals surface area contributed by atoms with Crippen LogP contribution in [0.15, 0.2) is 60.7 Å². The first-order valence-corrected chi connectivity index (χ1v) is 11.9. The summed E-state index contributed by atoms with van der Waals surface area (Å²) in [5.41, 5.74) is 2.93. The average molecular weight is 450 g/mol. The molecule has 0 spiro atoms. The van der Waals surface area contributed by atoms with Crippen LogP contribution in [-0.4, -0.2) is 51.7 Å². The maximum absolute atomic E-state index is 10.6. The lowest BCUT2D eigenvalue weighted by atomic mass is 10.2. The summed E-state index contributed by atoms with van der Waals surface area (Å²) in [6.07, 6.45) is 2.08. The Morgan fingerprint density at radius 3 is 2.36 bits per heavy atom. The molecule has 1 aliphatic carbocycles. The largest absolute Gasteiger partial charge is 0.439 e. The monoisotopic (exact) mass is 449 g/mol. The van der Waals surface area contributed by atoms with Crippen molar-refractivity contribution in [2.75, 3.05) is 19.7 Å². The van der Waals surface area contributed by atoms with Gasteiger partial charge >= 0.3 is 0 Å². The molecule has 0 aliphatic heterocycles. The summed E-state index contributed by atoms with van der Waals surface area (Å²) in [5, 5.41) is 15.5. The van der Waals surface area contributed by atoms with Crippen molar-refractivity contribution in [1.82, 2.24) is 14.7 Å². The number of para-hydroxylation sites is 2. The Labute approximate surface area is 196 Å². The van der Waals surface area contributed by atoms with E-state index in [0.29, 0.717) is 25.6 Å². The molecule has 0 radical (unpaired) electrons. The van der Waals surface area contributed by atoms with Crippen molar-refractivity contribution < 1.29 is 14.6 Å². The molecule has 6 heteroatoms.